The molecule has 2 heterocycles. The first-order chi connectivity index (χ1) is 13.1. The summed E-state index contributed by atoms with van der Waals surface area (Å²) in [5, 5.41) is -0.371. The number of ether oxygens (including phenoxy) is 2. The number of carbonyl (C=O) groups excluding carboxylic acids is 1. The predicted octanol–water partition coefficient (Wildman–Crippen LogP) is 3.82. The highest BCUT2D eigenvalue weighted by molar-refractivity contribution is 8.01. The van der Waals surface area contributed by atoms with Crippen LogP contribution in [0.25, 0.3) is 0 Å². The maximum absolute atomic E-state index is 13.5. The van der Waals surface area contributed by atoms with Gasteiger partial charge in [-0.15, -0.1) is 11.8 Å². The average Bonchev–Trinajstić information content (AvgIpc) is 3.22. The maximum Gasteiger partial charge on any atom is 0.244 e. The number of benzene rings is 2. The molecule has 4 nitrogen and oxygen atoms in total. The van der Waals surface area contributed by atoms with Gasteiger partial charge in [0.15, 0.2) is 5.76 Å². The smallest absolute Gasteiger partial charge is 0.244 e. The van der Waals surface area contributed by atoms with Gasteiger partial charge in [-0.05, 0) is 23.3 Å². The van der Waals surface area contributed by atoms with Crippen molar-refractivity contribution in [2.45, 2.75) is 24.6 Å². The molecule has 0 bridgehead atoms. The Morgan fingerprint density at radius 2 is 1.81 bits per heavy atom. The summed E-state index contributed by atoms with van der Waals surface area (Å²) >= 11 is 1.41. The molecular formula is C20H17F2NO3S. The first kappa shape index (κ1) is 17.9. The van der Waals surface area contributed by atoms with Gasteiger partial charge < -0.3 is 14.4 Å². The van der Waals surface area contributed by atoms with Crippen LogP contribution in [-0.4, -0.2) is 28.2 Å². The number of thioether (sulfide) groups is 1. The van der Waals surface area contributed by atoms with Crippen molar-refractivity contribution in [1.82, 2.24) is 4.90 Å². The summed E-state index contributed by atoms with van der Waals surface area (Å²) in [4.78, 5) is 13.8. The molecule has 2 aliphatic heterocycles. The van der Waals surface area contributed by atoms with E-state index in [0.29, 0.717) is 17.7 Å². The van der Waals surface area contributed by atoms with Crippen LogP contribution >= 0.6 is 11.8 Å². The molecule has 1 saturated heterocycles. The van der Waals surface area contributed by atoms with Crippen molar-refractivity contribution in [3.8, 4) is 0 Å². The monoisotopic (exact) mass is 389 g/mol. The molecule has 4 rings (SSSR count). The molecule has 140 valence electrons. The molecule has 2 aromatic rings. The van der Waals surface area contributed by atoms with Crippen LogP contribution in [0.15, 0.2) is 60.6 Å². The first-order valence-corrected chi connectivity index (χ1v) is 9.55. The van der Waals surface area contributed by atoms with Crippen LogP contribution < -0.4 is 0 Å². The fourth-order valence-corrected chi connectivity index (χ4v) is 4.24. The van der Waals surface area contributed by atoms with Crippen LogP contribution in [0.4, 0.5) is 8.78 Å². The van der Waals surface area contributed by atoms with Crippen LogP contribution in [-0.2, 0) is 27.2 Å². The molecule has 1 fully saturated rings. The molecule has 7 heteroatoms. The van der Waals surface area contributed by atoms with E-state index in [1.807, 2.05) is 30.3 Å². The van der Waals surface area contributed by atoms with Gasteiger partial charge in [0.25, 0.3) is 0 Å². The molecule has 27 heavy (non-hydrogen) atoms. The summed E-state index contributed by atoms with van der Waals surface area (Å²) in [6.07, 6.45) is 1.66. The summed E-state index contributed by atoms with van der Waals surface area (Å²) in [5.41, 5.74) is 1.48. The third-order valence-electron chi connectivity index (χ3n) is 4.34. The van der Waals surface area contributed by atoms with E-state index in [1.54, 1.807) is 4.90 Å². The minimum Gasteiger partial charge on any atom is -0.459 e. The summed E-state index contributed by atoms with van der Waals surface area (Å²) in [7, 11) is 0. The van der Waals surface area contributed by atoms with Crippen LogP contribution in [0.3, 0.4) is 0 Å². The zero-order valence-corrected chi connectivity index (χ0v) is 15.1. The molecule has 0 aliphatic carbocycles. The minimum absolute atomic E-state index is 0.106. The third-order valence-corrected chi connectivity index (χ3v) is 5.55. The predicted molar refractivity (Wildman–Crippen MR) is 97.3 cm³/mol. The van der Waals surface area contributed by atoms with Gasteiger partial charge in [0.1, 0.15) is 23.3 Å². The molecule has 2 atom stereocenters. The van der Waals surface area contributed by atoms with Crippen LogP contribution in [0, 0.1) is 11.6 Å². The van der Waals surface area contributed by atoms with E-state index in [9.17, 15) is 13.6 Å². The largest absolute Gasteiger partial charge is 0.459 e. The Labute approximate surface area is 159 Å². The number of carbonyl (C=O) groups is 1. The molecule has 2 aromatic carbocycles. The highest BCUT2D eigenvalue weighted by Crippen LogP contribution is 2.35. The highest BCUT2D eigenvalue weighted by atomic mass is 32.2. The van der Waals surface area contributed by atoms with Crippen molar-refractivity contribution in [3.05, 3.63) is 83.3 Å². The molecule has 2 aliphatic rings. The molecule has 1 amide bonds. The van der Waals surface area contributed by atoms with Gasteiger partial charge in [0.2, 0.25) is 12.2 Å². The molecule has 0 spiro atoms. The Balaban J connectivity index is 1.44. The van der Waals surface area contributed by atoms with E-state index in [-0.39, 0.29) is 23.6 Å². The topological polar surface area (TPSA) is 38.8 Å². The van der Waals surface area contributed by atoms with Crippen molar-refractivity contribution in [2.24, 2.45) is 0 Å². The van der Waals surface area contributed by atoms with E-state index in [2.05, 4.69) is 0 Å². The van der Waals surface area contributed by atoms with E-state index in [0.717, 1.165) is 11.6 Å². The average molecular weight is 389 g/mol. The van der Waals surface area contributed by atoms with Crippen LogP contribution in [0.1, 0.15) is 11.1 Å². The van der Waals surface area contributed by atoms with Crippen LogP contribution in [0.5, 0.6) is 0 Å². The molecular weight excluding hydrogens is 372 g/mol. The van der Waals surface area contributed by atoms with Crippen molar-refractivity contribution >= 4 is 17.7 Å². The van der Waals surface area contributed by atoms with Gasteiger partial charge in [0.05, 0.1) is 5.75 Å². The van der Waals surface area contributed by atoms with Crippen molar-refractivity contribution in [3.63, 3.8) is 0 Å². The Kier molecular flexibility index (Phi) is 5.03. The molecule has 0 radical (unpaired) electrons. The standard InChI is InChI=1S/C20H17F2NO3S/c21-15-6-14(7-16(22)9-15)10-23-18(24)12-27-20(23)17-11-25-19(26-17)8-13-4-2-1-3-5-13/h1-7,9,11,19-20H,8,10,12H2. The second kappa shape index (κ2) is 7.60. The Morgan fingerprint density at radius 1 is 1.07 bits per heavy atom. The lowest BCUT2D eigenvalue weighted by molar-refractivity contribution is -0.129. The Hall–Kier alpha value is -2.54. The molecule has 2 unspecified atom stereocenters. The number of nitrogens with zero attached hydrogens (tertiary/aromatic N) is 1. The first-order valence-electron chi connectivity index (χ1n) is 8.50. The van der Waals surface area contributed by atoms with Gasteiger partial charge in [-0.3, -0.25) is 4.79 Å². The second-order valence-corrected chi connectivity index (χ2v) is 7.42. The van der Waals surface area contributed by atoms with Crippen LogP contribution in [0.2, 0.25) is 0 Å². The number of halogens is 2. The fraction of sp³-hybridized carbons (Fsp3) is 0.250. The highest BCUT2D eigenvalue weighted by Gasteiger charge is 2.38. The summed E-state index contributed by atoms with van der Waals surface area (Å²) in [6.45, 7) is 0.106. The number of hydrogen-bond acceptors (Lipinski definition) is 4. The van der Waals surface area contributed by atoms with Crippen molar-refractivity contribution < 1.29 is 23.0 Å². The Morgan fingerprint density at radius 3 is 2.56 bits per heavy atom. The van der Waals surface area contributed by atoms with Gasteiger partial charge in [-0.2, -0.15) is 0 Å². The maximum atomic E-state index is 13.5. The van der Waals surface area contributed by atoms with E-state index < -0.39 is 17.9 Å². The summed E-state index contributed by atoms with van der Waals surface area (Å²) in [6, 6.07) is 13.1. The number of amides is 1. The third kappa shape index (κ3) is 4.08. The summed E-state index contributed by atoms with van der Waals surface area (Å²) < 4.78 is 38.4. The summed E-state index contributed by atoms with van der Waals surface area (Å²) in [5.74, 6) is -0.604. The Bertz CT molecular complexity index is 855. The fourth-order valence-electron chi connectivity index (χ4n) is 3.12. The number of hydrogen-bond donors (Lipinski definition) is 0. The molecule has 0 N–H and O–H groups in total. The van der Waals surface area contributed by atoms with E-state index in [4.69, 9.17) is 9.47 Å². The van der Waals surface area contributed by atoms with Gasteiger partial charge >= 0.3 is 0 Å². The van der Waals surface area contributed by atoms with Crippen molar-refractivity contribution in [1.29, 1.82) is 0 Å². The van der Waals surface area contributed by atoms with E-state index in [1.165, 1.54) is 30.2 Å². The lowest BCUT2D eigenvalue weighted by Gasteiger charge is -2.24. The van der Waals surface area contributed by atoms with Gasteiger partial charge in [0, 0.05) is 19.0 Å². The van der Waals surface area contributed by atoms with Gasteiger partial charge in [-0.1, -0.05) is 30.3 Å². The second-order valence-electron chi connectivity index (χ2n) is 6.36. The molecule has 0 aromatic heterocycles. The molecule has 0 saturated carbocycles. The SMILES string of the molecule is O=C1CSC(C2=COC(Cc3ccccc3)O2)N1Cc1cc(F)cc(F)c1. The number of rotatable bonds is 5. The normalized spacial score (nSPS) is 21.8. The minimum atomic E-state index is -0.663. The lowest BCUT2D eigenvalue weighted by Crippen LogP contribution is -2.34. The zero-order chi connectivity index (χ0) is 18.8. The van der Waals surface area contributed by atoms with Crippen molar-refractivity contribution in [2.75, 3.05) is 5.75 Å². The quantitative estimate of drug-likeness (QED) is 0.779. The lowest BCUT2D eigenvalue weighted by atomic mass is 10.1. The van der Waals surface area contributed by atoms with Gasteiger partial charge in [-0.25, -0.2) is 8.78 Å². The van der Waals surface area contributed by atoms with E-state index >= 15 is 0 Å². The zero-order valence-electron chi connectivity index (χ0n) is 14.3.